The largest absolute Gasteiger partial charge is 0.741 e. The van der Waals surface area contributed by atoms with Crippen LogP contribution in [0.4, 0.5) is 13.2 Å². The monoisotopic (exact) mass is 298 g/mol. The van der Waals surface area contributed by atoms with Crippen LogP contribution in [0.1, 0.15) is 0 Å². The van der Waals surface area contributed by atoms with Gasteiger partial charge in [0.25, 0.3) is 0 Å². The van der Waals surface area contributed by atoms with Gasteiger partial charge in [0, 0.05) is 17.0 Å². The number of hydrogen-bond donors (Lipinski definition) is 0. The van der Waals surface area contributed by atoms with E-state index >= 15 is 0 Å². The minimum Gasteiger partial charge on any atom is -0.741 e. The van der Waals surface area contributed by atoms with E-state index in [-0.39, 0.29) is 0 Å². The molecule has 1 aromatic heterocycles. The molecule has 0 atom stereocenters. The highest BCUT2D eigenvalue weighted by atomic mass is 32.2. The Morgan fingerprint density at radius 1 is 1.26 bits per heavy atom. The van der Waals surface area contributed by atoms with E-state index in [2.05, 4.69) is 10.0 Å². The number of nitrogens with zero attached hydrogens (tertiary/aromatic N) is 4. The van der Waals surface area contributed by atoms with Gasteiger partial charge in [0.15, 0.2) is 29.1 Å². The van der Waals surface area contributed by atoms with E-state index in [1.807, 2.05) is 35.2 Å². The van der Waals surface area contributed by atoms with Crippen molar-refractivity contribution >= 4 is 10.1 Å². The first kappa shape index (κ1) is 17.2. The van der Waals surface area contributed by atoms with Crippen LogP contribution in [0.3, 0.4) is 0 Å². The summed E-state index contributed by atoms with van der Waals surface area (Å²) in [5.41, 5.74) is 2.35. The van der Waals surface area contributed by atoms with Crippen LogP contribution >= 0.6 is 0 Å². The van der Waals surface area contributed by atoms with Gasteiger partial charge in [-0.05, 0) is 5.53 Å². The summed E-state index contributed by atoms with van der Waals surface area (Å²) in [4.78, 5) is 2.66. The molecule has 0 spiro atoms. The molecule has 1 aromatic rings. The second kappa shape index (κ2) is 7.56. The molecule has 1 heterocycles. The Kier molecular flexibility index (Phi) is 6.83. The van der Waals surface area contributed by atoms with Gasteiger partial charge in [-0.25, -0.2) is 13.0 Å². The number of pyridine rings is 1. The predicted molar refractivity (Wildman–Crippen MR) is 56.4 cm³/mol. The molecule has 0 fully saturated rings. The highest BCUT2D eigenvalue weighted by Gasteiger charge is 2.36. The third-order valence-corrected chi connectivity index (χ3v) is 2.15. The topological polar surface area (TPSA) is 110 Å². The smallest absolute Gasteiger partial charge is 0.485 e. The lowest BCUT2D eigenvalue weighted by Crippen LogP contribution is -2.33. The Morgan fingerprint density at radius 3 is 2.11 bits per heavy atom. The van der Waals surface area contributed by atoms with E-state index in [1.165, 1.54) is 0 Å². The van der Waals surface area contributed by atoms with Crippen molar-refractivity contribution in [3.05, 3.63) is 41.0 Å². The number of aromatic nitrogens is 1. The number of halogens is 3. The van der Waals surface area contributed by atoms with E-state index in [0.717, 1.165) is 6.54 Å². The van der Waals surface area contributed by atoms with E-state index in [4.69, 9.17) is 18.5 Å². The van der Waals surface area contributed by atoms with Gasteiger partial charge in [-0.1, -0.05) is 11.2 Å². The fraction of sp³-hybridized carbons (Fsp3) is 0.375. The fourth-order valence-electron chi connectivity index (χ4n) is 0.788. The third-order valence-electron chi connectivity index (χ3n) is 1.58. The zero-order valence-electron chi connectivity index (χ0n) is 9.36. The first-order valence-electron chi connectivity index (χ1n) is 4.65. The van der Waals surface area contributed by atoms with Gasteiger partial charge in [0.05, 0.1) is 6.54 Å². The average molecular weight is 298 g/mol. The van der Waals surface area contributed by atoms with Crippen LogP contribution in [0.2, 0.25) is 0 Å². The molecule has 0 aromatic carbocycles. The van der Waals surface area contributed by atoms with Gasteiger partial charge >= 0.3 is 5.51 Å². The zero-order valence-corrected chi connectivity index (χ0v) is 10.2. The van der Waals surface area contributed by atoms with Crippen molar-refractivity contribution in [2.45, 2.75) is 12.1 Å². The van der Waals surface area contributed by atoms with Crippen molar-refractivity contribution in [2.75, 3.05) is 6.54 Å². The summed E-state index contributed by atoms with van der Waals surface area (Å²) in [7, 11) is -6.09. The van der Waals surface area contributed by atoms with Gasteiger partial charge in [0.1, 0.15) is 0 Å². The lowest BCUT2D eigenvalue weighted by Gasteiger charge is -2.08. The molecule has 0 saturated carbocycles. The highest BCUT2D eigenvalue weighted by Crippen LogP contribution is 2.20. The molecule has 1 rings (SSSR count). The number of azide groups is 1. The third kappa shape index (κ3) is 7.97. The molecule has 0 unspecified atom stereocenters. The van der Waals surface area contributed by atoms with Crippen LogP contribution in [-0.2, 0) is 16.7 Å². The molecule has 0 aliphatic rings. The molecule has 0 aliphatic heterocycles. The van der Waals surface area contributed by atoms with Gasteiger partial charge in [-0.3, -0.25) is 0 Å². The van der Waals surface area contributed by atoms with E-state index in [0.29, 0.717) is 6.54 Å². The molecule has 0 saturated heterocycles. The van der Waals surface area contributed by atoms with Crippen LogP contribution < -0.4 is 4.57 Å². The van der Waals surface area contributed by atoms with Crippen molar-refractivity contribution in [3.8, 4) is 0 Å². The second-order valence-electron chi connectivity index (χ2n) is 2.97. The fourth-order valence-corrected chi connectivity index (χ4v) is 0.788. The normalized spacial score (nSPS) is 10.9. The summed E-state index contributed by atoms with van der Waals surface area (Å²) in [6, 6.07) is 5.83. The first-order chi connectivity index (χ1) is 8.68. The lowest BCUT2D eigenvalue weighted by molar-refractivity contribution is -0.694. The Bertz CT molecular complexity index is 526. The van der Waals surface area contributed by atoms with E-state index < -0.39 is 15.6 Å². The van der Waals surface area contributed by atoms with E-state index in [9.17, 15) is 13.2 Å². The summed E-state index contributed by atoms with van der Waals surface area (Å²) in [6.07, 6.45) is 3.87. The van der Waals surface area contributed by atoms with Crippen LogP contribution in [0, 0.1) is 0 Å². The molecule has 0 aliphatic carbocycles. The molecule has 19 heavy (non-hydrogen) atoms. The van der Waals surface area contributed by atoms with Crippen molar-refractivity contribution in [3.63, 3.8) is 0 Å². The molecule has 0 radical (unpaired) electrons. The summed E-state index contributed by atoms with van der Waals surface area (Å²) in [5.74, 6) is 0. The quantitative estimate of drug-likeness (QED) is 0.210. The van der Waals surface area contributed by atoms with Crippen LogP contribution in [-0.4, -0.2) is 25.0 Å². The molecule has 0 amide bonds. The van der Waals surface area contributed by atoms with Crippen molar-refractivity contribution in [2.24, 2.45) is 5.11 Å². The Labute approximate surface area is 106 Å². The molecule has 11 heteroatoms. The van der Waals surface area contributed by atoms with Gasteiger partial charge in [0.2, 0.25) is 0 Å². The maximum absolute atomic E-state index is 10.7. The molecule has 106 valence electrons. The van der Waals surface area contributed by atoms with E-state index in [1.54, 1.807) is 0 Å². The minimum absolute atomic E-state index is 0.505. The second-order valence-corrected chi connectivity index (χ2v) is 4.34. The van der Waals surface area contributed by atoms with Crippen LogP contribution in [0.15, 0.2) is 35.7 Å². The summed E-state index contributed by atoms with van der Waals surface area (Å²) in [6.45, 7) is 1.25. The minimum atomic E-state index is -6.09. The molecule has 0 N–H and O–H groups in total. The maximum atomic E-state index is 10.7. The van der Waals surface area contributed by atoms with Crippen LogP contribution in [0.5, 0.6) is 0 Å². The Morgan fingerprint density at radius 2 is 1.74 bits per heavy atom. The highest BCUT2D eigenvalue weighted by molar-refractivity contribution is 7.86. The standard InChI is InChI=1S/C7H9N4.CHF3O3S/c8-10-9-4-7-11-5-2-1-3-6-11;2-1(3,4)8(5,6)7/h1-3,5-6H,4,7H2;(H,5,6,7)/q+1;/p-1. The van der Waals surface area contributed by atoms with Crippen molar-refractivity contribution in [1.82, 2.24) is 0 Å². The molecule has 7 nitrogen and oxygen atoms in total. The Balaban J connectivity index is 0.000000362. The number of alkyl halides is 3. The summed E-state index contributed by atoms with van der Waals surface area (Å²) < 4.78 is 60.9. The predicted octanol–water partition coefficient (Wildman–Crippen LogP) is 1.34. The van der Waals surface area contributed by atoms with Gasteiger partial charge in [-0.2, -0.15) is 13.2 Å². The SMILES string of the molecule is O=S(=O)([O-])C(F)(F)F.[N-]=[N+]=NCC[n+]1ccccc1. The molecule has 0 bridgehead atoms. The molecular formula is C8H9F3N4O3S. The first-order valence-corrected chi connectivity index (χ1v) is 6.06. The van der Waals surface area contributed by atoms with Crippen molar-refractivity contribution < 1.29 is 30.7 Å². The zero-order chi connectivity index (χ0) is 14.9. The Hall–Kier alpha value is -1.84. The van der Waals surface area contributed by atoms with Crippen molar-refractivity contribution in [1.29, 1.82) is 0 Å². The number of rotatable bonds is 3. The number of hydrogen-bond acceptors (Lipinski definition) is 4. The van der Waals surface area contributed by atoms with Crippen LogP contribution in [0.25, 0.3) is 10.4 Å². The average Bonchev–Trinajstić information content (AvgIpc) is 2.29. The van der Waals surface area contributed by atoms with Gasteiger partial charge in [-0.15, -0.1) is 0 Å². The van der Waals surface area contributed by atoms with Gasteiger partial charge < -0.3 is 4.55 Å². The lowest BCUT2D eigenvalue weighted by atomic mass is 10.5. The molecular weight excluding hydrogens is 289 g/mol. The maximum Gasteiger partial charge on any atom is 0.485 e. The summed E-state index contributed by atoms with van der Waals surface area (Å²) in [5, 5.41) is 3.43. The summed E-state index contributed by atoms with van der Waals surface area (Å²) >= 11 is 0.